The Balaban J connectivity index is 2.26. The minimum absolute atomic E-state index is 0.0463. The zero-order valence-corrected chi connectivity index (χ0v) is 6.59. The summed E-state index contributed by atoms with van der Waals surface area (Å²) in [7, 11) is 0. The molecule has 1 aliphatic carbocycles. The molecule has 0 saturated heterocycles. The van der Waals surface area contributed by atoms with Crippen LogP contribution in [0.2, 0.25) is 0 Å². The summed E-state index contributed by atoms with van der Waals surface area (Å²) >= 11 is 0. The van der Waals surface area contributed by atoms with Crippen LogP contribution in [0.4, 0.5) is 0 Å². The van der Waals surface area contributed by atoms with E-state index in [1.54, 1.807) is 0 Å². The van der Waals surface area contributed by atoms with Crippen molar-refractivity contribution in [3.63, 3.8) is 0 Å². The van der Waals surface area contributed by atoms with Gasteiger partial charge < -0.3 is 10.8 Å². The van der Waals surface area contributed by atoms with E-state index in [1.165, 1.54) is 0 Å². The third-order valence-corrected chi connectivity index (χ3v) is 2.48. The maximum absolute atomic E-state index is 9.17. The van der Waals surface area contributed by atoms with Gasteiger partial charge in [-0.15, -0.1) is 0 Å². The van der Waals surface area contributed by atoms with E-state index in [4.69, 9.17) is 10.8 Å². The number of hydrogen-bond acceptors (Lipinski definition) is 2. The molecule has 1 atom stereocenters. The van der Waals surface area contributed by atoms with Crippen LogP contribution in [0.15, 0.2) is 0 Å². The number of rotatable bonds is 1. The van der Waals surface area contributed by atoms with Crippen molar-refractivity contribution >= 4 is 0 Å². The molecular formula is C8H17NO. The van der Waals surface area contributed by atoms with Crippen LogP contribution < -0.4 is 5.73 Å². The molecule has 0 amide bonds. The first-order chi connectivity index (χ1) is 4.70. The predicted molar refractivity (Wildman–Crippen MR) is 41.6 cm³/mol. The Morgan fingerprint density at radius 1 is 1.30 bits per heavy atom. The van der Waals surface area contributed by atoms with Crippen LogP contribution in [-0.4, -0.2) is 17.3 Å². The smallest absolute Gasteiger partial charge is 0.0540 e. The van der Waals surface area contributed by atoms with Crippen molar-refractivity contribution in [3.05, 3.63) is 0 Å². The average molecular weight is 143 g/mol. The summed E-state index contributed by atoms with van der Waals surface area (Å²) in [5.74, 6) is 0.656. The first-order valence-electron chi connectivity index (χ1n) is 4.14. The summed E-state index contributed by atoms with van der Waals surface area (Å²) in [6, 6.07) is 0.312. The molecule has 0 aromatic heterocycles. The molecule has 1 rings (SSSR count). The minimum Gasteiger partial charge on any atom is -0.393 e. The average Bonchev–Trinajstić information content (AvgIpc) is 1.88. The topological polar surface area (TPSA) is 46.2 Å². The van der Waals surface area contributed by atoms with Gasteiger partial charge in [-0.05, 0) is 38.5 Å². The summed E-state index contributed by atoms with van der Waals surface area (Å²) in [4.78, 5) is 0. The normalized spacial score (nSPS) is 37.5. The third-order valence-electron chi connectivity index (χ3n) is 2.48. The highest BCUT2D eigenvalue weighted by Gasteiger charge is 2.21. The van der Waals surface area contributed by atoms with Crippen LogP contribution in [-0.2, 0) is 0 Å². The molecular weight excluding hydrogens is 126 g/mol. The van der Waals surface area contributed by atoms with Gasteiger partial charge in [-0.2, -0.15) is 0 Å². The molecule has 2 nitrogen and oxygen atoms in total. The molecule has 1 aliphatic rings. The lowest BCUT2D eigenvalue weighted by Gasteiger charge is -2.27. The molecule has 0 bridgehead atoms. The molecule has 1 saturated carbocycles. The van der Waals surface area contributed by atoms with Crippen LogP contribution >= 0.6 is 0 Å². The Hall–Kier alpha value is -0.0800. The second kappa shape index (κ2) is 3.35. The lowest BCUT2D eigenvalue weighted by molar-refractivity contribution is 0.103. The van der Waals surface area contributed by atoms with Gasteiger partial charge in [0.1, 0.15) is 0 Å². The number of aliphatic hydroxyl groups excluding tert-OH is 1. The molecule has 0 heterocycles. The maximum atomic E-state index is 9.17. The van der Waals surface area contributed by atoms with Gasteiger partial charge in [0.15, 0.2) is 0 Å². The zero-order chi connectivity index (χ0) is 7.56. The molecule has 0 aromatic rings. The van der Waals surface area contributed by atoms with E-state index in [9.17, 15) is 0 Å². The summed E-state index contributed by atoms with van der Waals surface area (Å²) in [5, 5.41) is 9.17. The van der Waals surface area contributed by atoms with E-state index in [0.29, 0.717) is 12.0 Å². The Morgan fingerprint density at radius 2 is 1.80 bits per heavy atom. The Labute approximate surface area is 62.4 Å². The van der Waals surface area contributed by atoms with Crippen molar-refractivity contribution in [3.8, 4) is 0 Å². The Bertz CT molecular complexity index is 95.4. The lowest BCUT2D eigenvalue weighted by atomic mass is 9.84. The maximum Gasteiger partial charge on any atom is 0.0540 e. The van der Waals surface area contributed by atoms with Gasteiger partial charge in [-0.25, -0.2) is 0 Å². The van der Waals surface area contributed by atoms with E-state index in [2.05, 4.69) is 6.92 Å². The van der Waals surface area contributed by atoms with Gasteiger partial charge in [-0.3, -0.25) is 0 Å². The second-order valence-electron chi connectivity index (χ2n) is 3.43. The summed E-state index contributed by atoms with van der Waals surface area (Å²) in [6.07, 6.45) is 4.07. The highest BCUT2D eigenvalue weighted by atomic mass is 16.3. The summed E-state index contributed by atoms with van der Waals surface area (Å²) < 4.78 is 0. The SMILES string of the molecule is CC(N)C1CCC(O)CC1. The van der Waals surface area contributed by atoms with E-state index in [-0.39, 0.29) is 6.10 Å². The van der Waals surface area contributed by atoms with Crippen LogP contribution in [0.3, 0.4) is 0 Å². The molecule has 0 aliphatic heterocycles. The van der Waals surface area contributed by atoms with Gasteiger partial charge in [0.05, 0.1) is 6.10 Å². The molecule has 60 valence electrons. The molecule has 0 spiro atoms. The monoisotopic (exact) mass is 143 g/mol. The predicted octanol–water partition coefficient (Wildman–Crippen LogP) is 0.885. The van der Waals surface area contributed by atoms with Crippen molar-refractivity contribution < 1.29 is 5.11 Å². The number of hydrogen-bond donors (Lipinski definition) is 2. The number of aliphatic hydroxyl groups is 1. The van der Waals surface area contributed by atoms with E-state index >= 15 is 0 Å². The quantitative estimate of drug-likeness (QED) is 0.572. The van der Waals surface area contributed by atoms with Crippen LogP contribution in [0.5, 0.6) is 0 Å². The fraction of sp³-hybridized carbons (Fsp3) is 1.00. The Morgan fingerprint density at radius 3 is 2.20 bits per heavy atom. The van der Waals surface area contributed by atoms with Crippen LogP contribution in [0.25, 0.3) is 0 Å². The Kier molecular flexibility index (Phi) is 2.69. The molecule has 10 heavy (non-hydrogen) atoms. The van der Waals surface area contributed by atoms with Crippen molar-refractivity contribution in [1.82, 2.24) is 0 Å². The van der Waals surface area contributed by atoms with Crippen molar-refractivity contribution in [1.29, 1.82) is 0 Å². The first-order valence-corrected chi connectivity index (χ1v) is 4.14. The van der Waals surface area contributed by atoms with Crippen molar-refractivity contribution in [2.75, 3.05) is 0 Å². The molecule has 1 unspecified atom stereocenters. The first kappa shape index (κ1) is 8.02. The molecule has 2 heteroatoms. The lowest BCUT2D eigenvalue weighted by Crippen LogP contribution is -2.31. The van der Waals surface area contributed by atoms with Gasteiger partial charge in [0.25, 0.3) is 0 Å². The van der Waals surface area contributed by atoms with Gasteiger partial charge in [-0.1, -0.05) is 0 Å². The number of nitrogens with two attached hydrogens (primary N) is 1. The second-order valence-corrected chi connectivity index (χ2v) is 3.43. The highest BCUT2D eigenvalue weighted by Crippen LogP contribution is 2.25. The van der Waals surface area contributed by atoms with E-state index < -0.39 is 0 Å². The summed E-state index contributed by atoms with van der Waals surface area (Å²) in [6.45, 7) is 2.06. The van der Waals surface area contributed by atoms with Gasteiger partial charge in [0, 0.05) is 6.04 Å². The fourth-order valence-electron chi connectivity index (χ4n) is 1.63. The molecule has 0 radical (unpaired) electrons. The van der Waals surface area contributed by atoms with E-state index in [0.717, 1.165) is 25.7 Å². The summed E-state index contributed by atoms with van der Waals surface area (Å²) in [5.41, 5.74) is 5.73. The molecule has 1 fully saturated rings. The van der Waals surface area contributed by atoms with Crippen molar-refractivity contribution in [2.24, 2.45) is 11.7 Å². The fourth-order valence-corrected chi connectivity index (χ4v) is 1.63. The zero-order valence-electron chi connectivity index (χ0n) is 6.59. The highest BCUT2D eigenvalue weighted by molar-refractivity contribution is 4.76. The largest absolute Gasteiger partial charge is 0.393 e. The standard InChI is InChI=1S/C8H17NO/c1-6(9)7-2-4-8(10)5-3-7/h6-8,10H,2-5,9H2,1H3. The van der Waals surface area contributed by atoms with Crippen LogP contribution in [0.1, 0.15) is 32.6 Å². The molecule has 0 aromatic carbocycles. The van der Waals surface area contributed by atoms with E-state index in [1.807, 2.05) is 0 Å². The minimum atomic E-state index is -0.0463. The molecule has 3 N–H and O–H groups in total. The van der Waals surface area contributed by atoms with Crippen molar-refractivity contribution in [2.45, 2.75) is 44.8 Å². The van der Waals surface area contributed by atoms with Gasteiger partial charge >= 0.3 is 0 Å². The third kappa shape index (κ3) is 1.96. The van der Waals surface area contributed by atoms with Gasteiger partial charge in [0.2, 0.25) is 0 Å². The van der Waals surface area contributed by atoms with Crippen LogP contribution in [0, 0.1) is 5.92 Å².